The highest BCUT2D eigenvalue weighted by molar-refractivity contribution is 5.96. The maximum absolute atomic E-state index is 13.3. The number of hydrogen-bond acceptors (Lipinski definition) is 5. The summed E-state index contributed by atoms with van der Waals surface area (Å²) in [4.78, 5) is 21.6. The summed E-state index contributed by atoms with van der Waals surface area (Å²) in [6.07, 6.45) is 4.30. The molecule has 2 saturated heterocycles. The predicted molar refractivity (Wildman–Crippen MR) is 92.2 cm³/mol. The number of hydrogen-bond donors (Lipinski definition) is 0. The number of benzene rings is 1. The molecule has 2 unspecified atom stereocenters. The molecule has 7 heteroatoms. The number of piperidine rings is 1. The molecule has 1 aromatic carbocycles. The van der Waals surface area contributed by atoms with Gasteiger partial charge in [-0.2, -0.15) is 5.10 Å². The molecule has 3 heterocycles. The molecule has 2 aromatic rings. The minimum atomic E-state index is 0.0873. The van der Waals surface area contributed by atoms with Crippen LogP contribution in [0.5, 0.6) is 0 Å². The van der Waals surface area contributed by atoms with E-state index in [1.165, 1.54) is 6.33 Å². The number of likely N-dealkylation sites (tertiary alicyclic amines) is 1. The van der Waals surface area contributed by atoms with Crippen LogP contribution < -0.4 is 0 Å². The Morgan fingerprint density at radius 2 is 2.20 bits per heavy atom. The summed E-state index contributed by atoms with van der Waals surface area (Å²) >= 11 is 0. The summed E-state index contributed by atoms with van der Waals surface area (Å²) in [5.41, 5.74) is 1.71. The Kier molecular flexibility index (Phi) is 4.50. The molecule has 2 aliphatic rings. The first kappa shape index (κ1) is 16.2. The zero-order chi connectivity index (χ0) is 17.2. The first-order valence-electron chi connectivity index (χ1n) is 8.74. The molecule has 2 atom stereocenters. The lowest BCUT2D eigenvalue weighted by Gasteiger charge is -2.46. The molecule has 2 aliphatic heterocycles. The molecule has 7 nitrogen and oxygen atoms in total. The number of rotatable bonds is 3. The quantitative estimate of drug-likeness (QED) is 0.829. The van der Waals surface area contributed by atoms with Crippen molar-refractivity contribution in [3.63, 3.8) is 0 Å². The Morgan fingerprint density at radius 1 is 1.32 bits per heavy atom. The van der Waals surface area contributed by atoms with Gasteiger partial charge in [0.1, 0.15) is 12.7 Å². The van der Waals surface area contributed by atoms with Crippen molar-refractivity contribution < 1.29 is 9.53 Å². The summed E-state index contributed by atoms with van der Waals surface area (Å²) in [5, 5.41) is 4.15. The van der Waals surface area contributed by atoms with Gasteiger partial charge in [-0.25, -0.2) is 9.67 Å². The second-order valence-corrected chi connectivity index (χ2v) is 6.78. The van der Waals surface area contributed by atoms with Crippen LogP contribution in [0.1, 0.15) is 22.3 Å². The molecule has 0 saturated carbocycles. The van der Waals surface area contributed by atoms with Gasteiger partial charge in [0.25, 0.3) is 5.91 Å². The van der Waals surface area contributed by atoms with Crippen molar-refractivity contribution in [3.05, 3.63) is 48.0 Å². The van der Waals surface area contributed by atoms with Crippen LogP contribution >= 0.6 is 0 Å². The molecular formula is C18H23N5O2. The van der Waals surface area contributed by atoms with Crippen molar-refractivity contribution in [2.24, 2.45) is 0 Å². The van der Waals surface area contributed by atoms with Crippen LogP contribution in [-0.4, -0.2) is 75.9 Å². The molecule has 1 aromatic heterocycles. The fraction of sp³-hybridized carbons (Fsp3) is 0.500. The summed E-state index contributed by atoms with van der Waals surface area (Å²) < 4.78 is 7.66. The van der Waals surface area contributed by atoms with Crippen molar-refractivity contribution in [2.75, 3.05) is 33.3 Å². The van der Waals surface area contributed by atoms with E-state index in [4.69, 9.17) is 4.74 Å². The lowest BCUT2D eigenvalue weighted by molar-refractivity contribution is -0.0870. The molecule has 0 spiro atoms. The number of fused-ring (bicyclic) bond motifs is 1. The average Bonchev–Trinajstić information content (AvgIpc) is 3.14. The number of ether oxygens (including phenoxy) is 1. The lowest BCUT2D eigenvalue weighted by Crippen LogP contribution is -2.60. The topological polar surface area (TPSA) is 63.5 Å². The van der Waals surface area contributed by atoms with E-state index in [-0.39, 0.29) is 18.1 Å². The zero-order valence-corrected chi connectivity index (χ0v) is 14.4. The monoisotopic (exact) mass is 341 g/mol. The van der Waals surface area contributed by atoms with Crippen molar-refractivity contribution in [3.8, 4) is 0 Å². The van der Waals surface area contributed by atoms with Crippen molar-refractivity contribution >= 4 is 5.91 Å². The van der Waals surface area contributed by atoms with Crippen LogP contribution in [0.25, 0.3) is 0 Å². The smallest absolute Gasteiger partial charge is 0.254 e. The van der Waals surface area contributed by atoms with E-state index in [9.17, 15) is 4.79 Å². The van der Waals surface area contributed by atoms with Crippen LogP contribution in [0.4, 0.5) is 0 Å². The van der Waals surface area contributed by atoms with E-state index < -0.39 is 0 Å². The average molecular weight is 341 g/mol. The first-order valence-corrected chi connectivity index (χ1v) is 8.74. The second-order valence-electron chi connectivity index (χ2n) is 6.78. The van der Waals surface area contributed by atoms with Crippen LogP contribution in [0.3, 0.4) is 0 Å². The molecule has 0 bridgehead atoms. The third-order valence-electron chi connectivity index (χ3n) is 5.10. The van der Waals surface area contributed by atoms with Gasteiger partial charge in [-0.15, -0.1) is 0 Å². The standard InChI is InChI=1S/C18H23N5O2/c1-21-7-6-17-16(11-21)23(8-9-25-17)18(24)15-5-3-2-4-14(15)10-22-13-19-12-20-22/h2-5,12-13,16-17H,6-11H2,1H3. The molecule has 0 radical (unpaired) electrons. The molecule has 25 heavy (non-hydrogen) atoms. The zero-order valence-electron chi connectivity index (χ0n) is 14.4. The van der Waals surface area contributed by atoms with Crippen LogP contribution in [0.2, 0.25) is 0 Å². The van der Waals surface area contributed by atoms with Gasteiger partial charge in [0, 0.05) is 25.2 Å². The Labute approximate surface area is 147 Å². The van der Waals surface area contributed by atoms with Gasteiger partial charge in [0.05, 0.1) is 25.3 Å². The number of morpholine rings is 1. The van der Waals surface area contributed by atoms with Gasteiger partial charge >= 0.3 is 0 Å². The van der Waals surface area contributed by atoms with Crippen molar-refractivity contribution in [1.29, 1.82) is 0 Å². The van der Waals surface area contributed by atoms with E-state index in [1.807, 2.05) is 29.2 Å². The normalized spacial score (nSPS) is 24.1. The third kappa shape index (κ3) is 3.29. The summed E-state index contributed by atoms with van der Waals surface area (Å²) in [6, 6.07) is 7.90. The summed E-state index contributed by atoms with van der Waals surface area (Å²) in [5.74, 6) is 0.0873. The van der Waals surface area contributed by atoms with Gasteiger partial charge in [-0.3, -0.25) is 4.79 Å². The molecule has 4 rings (SSSR count). The van der Waals surface area contributed by atoms with E-state index in [1.54, 1.807) is 11.0 Å². The first-order chi connectivity index (χ1) is 12.2. The van der Waals surface area contributed by atoms with Gasteiger partial charge < -0.3 is 14.5 Å². The Bertz CT molecular complexity index is 733. The number of nitrogens with zero attached hydrogens (tertiary/aromatic N) is 5. The van der Waals surface area contributed by atoms with Gasteiger partial charge in [0.15, 0.2) is 0 Å². The molecule has 1 amide bonds. The van der Waals surface area contributed by atoms with Crippen molar-refractivity contribution in [2.45, 2.75) is 25.1 Å². The predicted octanol–water partition coefficient (Wildman–Crippen LogP) is 0.871. The molecule has 0 N–H and O–H groups in total. The molecule has 0 aliphatic carbocycles. The van der Waals surface area contributed by atoms with Gasteiger partial charge in [-0.05, 0) is 25.1 Å². The maximum Gasteiger partial charge on any atom is 0.254 e. The fourth-order valence-corrected chi connectivity index (χ4v) is 3.79. The molecular weight excluding hydrogens is 318 g/mol. The highest BCUT2D eigenvalue weighted by Crippen LogP contribution is 2.25. The van der Waals surface area contributed by atoms with E-state index in [0.717, 1.165) is 30.6 Å². The largest absolute Gasteiger partial charge is 0.374 e. The Balaban J connectivity index is 1.59. The van der Waals surface area contributed by atoms with E-state index in [0.29, 0.717) is 19.7 Å². The third-order valence-corrected chi connectivity index (χ3v) is 5.10. The lowest BCUT2D eigenvalue weighted by atomic mass is 9.97. The molecule has 2 fully saturated rings. The number of carbonyl (C=O) groups is 1. The minimum absolute atomic E-state index is 0.0873. The number of likely N-dealkylation sites (N-methyl/N-ethyl adjacent to an activating group) is 1. The number of aromatic nitrogens is 3. The van der Waals surface area contributed by atoms with Crippen molar-refractivity contribution in [1.82, 2.24) is 24.6 Å². The van der Waals surface area contributed by atoms with Gasteiger partial charge in [0.2, 0.25) is 0 Å². The highest BCUT2D eigenvalue weighted by atomic mass is 16.5. The number of carbonyl (C=O) groups excluding carboxylic acids is 1. The summed E-state index contributed by atoms with van der Waals surface area (Å²) in [7, 11) is 2.10. The highest BCUT2D eigenvalue weighted by Gasteiger charge is 2.38. The SMILES string of the molecule is CN1CCC2OCCN(C(=O)c3ccccc3Cn3cncn3)C2C1. The number of amides is 1. The van der Waals surface area contributed by atoms with Crippen LogP contribution in [-0.2, 0) is 11.3 Å². The van der Waals surface area contributed by atoms with Gasteiger partial charge in [-0.1, -0.05) is 18.2 Å². The molecule has 132 valence electrons. The second kappa shape index (κ2) is 6.93. The maximum atomic E-state index is 13.3. The summed E-state index contributed by atoms with van der Waals surface area (Å²) in [6.45, 7) is 3.68. The Hall–Kier alpha value is -2.25. The minimum Gasteiger partial charge on any atom is -0.374 e. The van der Waals surface area contributed by atoms with Crippen LogP contribution in [0, 0.1) is 0 Å². The Morgan fingerprint density at radius 3 is 3.04 bits per heavy atom. The van der Waals surface area contributed by atoms with E-state index in [2.05, 4.69) is 22.0 Å². The van der Waals surface area contributed by atoms with Crippen LogP contribution in [0.15, 0.2) is 36.9 Å². The van der Waals surface area contributed by atoms with E-state index >= 15 is 0 Å². The fourth-order valence-electron chi connectivity index (χ4n) is 3.79.